The van der Waals surface area contributed by atoms with Crippen molar-refractivity contribution in [1.29, 1.82) is 0 Å². The summed E-state index contributed by atoms with van der Waals surface area (Å²) in [5.74, 6) is -0.473. The fourth-order valence-electron chi connectivity index (χ4n) is 1.46. The molecule has 1 aliphatic heterocycles. The van der Waals surface area contributed by atoms with Crippen molar-refractivity contribution in [1.82, 2.24) is 4.90 Å². The van der Waals surface area contributed by atoms with Crippen molar-refractivity contribution in [3.63, 3.8) is 0 Å². The lowest BCUT2D eigenvalue weighted by Gasteiger charge is -2.11. The molecule has 1 aromatic heterocycles. The standard InChI is InChI=1S/C9H10N2O3/c10-6-4-8(12)11(5-6)9(13)7-2-1-3-14-7/h1-3,6H,4-5,10H2. The average Bonchev–Trinajstić information content (AvgIpc) is 2.73. The van der Waals surface area contributed by atoms with E-state index >= 15 is 0 Å². The summed E-state index contributed by atoms with van der Waals surface area (Å²) in [6, 6.07) is 2.88. The van der Waals surface area contributed by atoms with Crippen LogP contribution in [0.4, 0.5) is 0 Å². The van der Waals surface area contributed by atoms with Gasteiger partial charge in [-0.2, -0.15) is 0 Å². The molecule has 1 unspecified atom stereocenters. The van der Waals surface area contributed by atoms with Crippen LogP contribution >= 0.6 is 0 Å². The van der Waals surface area contributed by atoms with E-state index in [0.29, 0.717) is 0 Å². The highest BCUT2D eigenvalue weighted by molar-refractivity contribution is 6.04. The van der Waals surface area contributed by atoms with Crippen LogP contribution in [0.2, 0.25) is 0 Å². The molecule has 74 valence electrons. The summed E-state index contributed by atoms with van der Waals surface area (Å²) in [7, 11) is 0. The quantitative estimate of drug-likeness (QED) is 0.637. The van der Waals surface area contributed by atoms with Crippen molar-refractivity contribution in [3.8, 4) is 0 Å². The monoisotopic (exact) mass is 194 g/mol. The largest absolute Gasteiger partial charge is 0.459 e. The van der Waals surface area contributed by atoms with Crippen LogP contribution in [0.25, 0.3) is 0 Å². The molecule has 0 spiro atoms. The number of imide groups is 1. The highest BCUT2D eigenvalue weighted by Gasteiger charge is 2.33. The Morgan fingerprint density at radius 2 is 2.43 bits per heavy atom. The van der Waals surface area contributed by atoms with Crippen LogP contribution in [0.3, 0.4) is 0 Å². The molecule has 2 heterocycles. The lowest BCUT2D eigenvalue weighted by Crippen LogP contribution is -2.33. The van der Waals surface area contributed by atoms with Crippen LogP contribution in [0.1, 0.15) is 17.0 Å². The van der Waals surface area contributed by atoms with Gasteiger partial charge in [0, 0.05) is 19.0 Å². The van der Waals surface area contributed by atoms with Gasteiger partial charge in [0.1, 0.15) is 0 Å². The van der Waals surface area contributed by atoms with Gasteiger partial charge in [-0.05, 0) is 12.1 Å². The number of furan rings is 1. The third-order valence-electron chi connectivity index (χ3n) is 2.13. The van der Waals surface area contributed by atoms with Crippen LogP contribution in [0.5, 0.6) is 0 Å². The lowest BCUT2D eigenvalue weighted by molar-refractivity contribution is -0.125. The molecule has 0 aliphatic carbocycles. The summed E-state index contributed by atoms with van der Waals surface area (Å²) >= 11 is 0. The fraction of sp³-hybridized carbons (Fsp3) is 0.333. The Bertz CT molecular complexity index is 358. The van der Waals surface area contributed by atoms with E-state index in [1.54, 1.807) is 6.07 Å². The van der Waals surface area contributed by atoms with Gasteiger partial charge in [-0.15, -0.1) is 0 Å². The van der Waals surface area contributed by atoms with Crippen LogP contribution in [0.15, 0.2) is 22.8 Å². The first-order chi connectivity index (χ1) is 6.68. The zero-order valence-corrected chi connectivity index (χ0v) is 7.47. The third-order valence-corrected chi connectivity index (χ3v) is 2.13. The molecule has 2 N–H and O–H groups in total. The molecule has 1 aromatic rings. The van der Waals surface area contributed by atoms with Gasteiger partial charge in [0.2, 0.25) is 5.91 Å². The zero-order valence-electron chi connectivity index (χ0n) is 7.47. The Balaban J connectivity index is 2.17. The van der Waals surface area contributed by atoms with Crippen molar-refractivity contribution in [3.05, 3.63) is 24.2 Å². The van der Waals surface area contributed by atoms with Gasteiger partial charge in [-0.3, -0.25) is 14.5 Å². The molecule has 0 radical (unpaired) electrons. The van der Waals surface area contributed by atoms with E-state index in [1.165, 1.54) is 12.3 Å². The van der Waals surface area contributed by atoms with Crippen LogP contribution in [0, 0.1) is 0 Å². The fourth-order valence-corrected chi connectivity index (χ4v) is 1.46. The first-order valence-corrected chi connectivity index (χ1v) is 4.32. The Kier molecular flexibility index (Phi) is 2.09. The van der Waals surface area contributed by atoms with Crippen molar-refractivity contribution in [2.45, 2.75) is 12.5 Å². The molecule has 14 heavy (non-hydrogen) atoms. The normalized spacial score (nSPS) is 21.6. The number of carbonyl (C=O) groups excluding carboxylic acids is 2. The molecule has 1 saturated heterocycles. The minimum atomic E-state index is -0.409. The number of carbonyl (C=O) groups is 2. The number of amides is 2. The molecule has 5 heteroatoms. The molecule has 0 bridgehead atoms. The Labute approximate surface area is 80.5 Å². The summed E-state index contributed by atoms with van der Waals surface area (Å²) in [4.78, 5) is 24.1. The first-order valence-electron chi connectivity index (χ1n) is 4.32. The second kappa shape index (κ2) is 3.26. The van der Waals surface area contributed by atoms with Gasteiger partial charge in [-0.25, -0.2) is 0 Å². The van der Waals surface area contributed by atoms with Crippen molar-refractivity contribution >= 4 is 11.8 Å². The number of rotatable bonds is 1. The number of likely N-dealkylation sites (tertiary alicyclic amines) is 1. The predicted molar refractivity (Wildman–Crippen MR) is 47.3 cm³/mol. The predicted octanol–water partition coefficient (Wildman–Crippen LogP) is -0.0206. The average molecular weight is 194 g/mol. The van der Waals surface area contributed by atoms with Gasteiger partial charge in [0.05, 0.1) is 6.26 Å². The minimum absolute atomic E-state index is 0.174. The Morgan fingerprint density at radius 1 is 1.64 bits per heavy atom. The molecule has 5 nitrogen and oxygen atoms in total. The summed E-state index contributed by atoms with van der Waals surface area (Å²) in [5.41, 5.74) is 5.56. The first kappa shape index (κ1) is 8.96. The van der Waals surface area contributed by atoms with Gasteiger partial charge in [0.25, 0.3) is 5.91 Å². The van der Waals surface area contributed by atoms with E-state index in [1.807, 2.05) is 0 Å². The maximum absolute atomic E-state index is 11.6. The lowest BCUT2D eigenvalue weighted by atomic mass is 10.3. The molecular weight excluding hydrogens is 184 g/mol. The van der Waals surface area contributed by atoms with Crippen LogP contribution in [-0.2, 0) is 4.79 Å². The van der Waals surface area contributed by atoms with Crippen LogP contribution < -0.4 is 5.73 Å². The molecule has 1 fully saturated rings. The Hall–Kier alpha value is -1.62. The van der Waals surface area contributed by atoms with Gasteiger partial charge in [0.15, 0.2) is 5.76 Å². The molecule has 2 amide bonds. The highest BCUT2D eigenvalue weighted by Crippen LogP contribution is 2.13. The highest BCUT2D eigenvalue weighted by atomic mass is 16.3. The van der Waals surface area contributed by atoms with Gasteiger partial charge < -0.3 is 10.2 Å². The molecule has 1 aliphatic rings. The third kappa shape index (κ3) is 1.42. The van der Waals surface area contributed by atoms with E-state index < -0.39 is 5.91 Å². The SMILES string of the molecule is NC1CC(=O)N(C(=O)c2ccco2)C1. The second-order valence-electron chi connectivity index (χ2n) is 3.25. The van der Waals surface area contributed by atoms with Crippen molar-refractivity contribution in [2.75, 3.05) is 6.54 Å². The van der Waals surface area contributed by atoms with Crippen LogP contribution in [-0.4, -0.2) is 29.3 Å². The molecule has 0 saturated carbocycles. The molecule has 1 atom stereocenters. The van der Waals surface area contributed by atoms with E-state index in [2.05, 4.69) is 0 Å². The van der Waals surface area contributed by atoms with Gasteiger partial charge >= 0.3 is 0 Å². The second-order valence-corrected chi connectivity index (χ2v) is 3.25. The minimum Gasteiger partial charge on any atom is -0.459 e. The Morgan fingerprint density at radius 3 is 2.93 bits per heavy atom. The smallest absolute Gasteiger partial charge is 0.296 e. The van der Waals surface area contributed by atoms with Crippen molar-refractivity contribution in [2.24, 2.45) is 5.73 Å². The summed E-state index contributed by atoms with van der Waals surface area (Å²) < 4.78 is 4.91. The summed E-state index contributed by atoms with van der Waals surface area (Å²) in [6.07, 6.45) is 1.63. The number of hydrogen-bond acceptors (Lipinski definition) is 4. The number of hydrogen-bond donors (Lipinski definition) is 1. The van der Waals surface area contributed by atoms with E-state index in [4.69, 9.17) is 10.2 Å². The topological polar surface area (TPSA) is 76.5 Å². The van der Waals surface area contributed by atoms with E-state index in [9.17, 15) is 9.59 Å². The number of nitrogens with zero attached hydrogens (tertiary/aromatic N) is 1. The zero-order chi connectivity index (χ0) is 10.1. The summed E-state index contributed by atoms with van der Waals surface area (Å²) in [5, 5.41) is 0. The van der Waals surface area contributed by atoms with E-state index in [-0.39, 0.29) is 30.7 Å². The van der Waals surface area contributed by atoms with Gasteiger partial charge in [-0.1, -0.05) is 0 Å². The molecule has 2 rings (SSSR count). The van der Waals surface area contributed by atoms with Crippen molar-refractivity contribution < 1.29 is 14.0 Å². The maximum Gasteiger partial charge on any atom is 0.296 e. The molecule has 0 aromatic carbocycles. The van der Waals surface area contributed by atoms with E-state index in [0.717, 1.165) is 4.90 Å². The number of nitrogens with two attached hydrogens (primary N) is 1. The maximum atomic E-state index is 11.6. The summed E-state index contributed by atoms with van der Waals surface area (Å²) in [6.45, 7) is 0.276. The molecular formula is C9H10N2O3.